The average Bonchev–Trinajstić information content (AvgIpc) is 1.98. The third-order valence-electron chi connectivity index (χ3n) is 2.39. The summed E-state index contributed by atoms with van der Waals surface area (Å²) in [5.74, 6) is 0. The van der Waals surface area contributed by atoms with Gasteiger partial charge in [-0.2, -0.15) is 0 Å². The van der Waals surface area contributed by atoms with Crippen molar-refractivity contribution >= 4 is 6.03 Å². The third-order valence-corrected chi connectivity index (χ3v) is 2.39. The fourth-order valence-electron chi connectivity index (χ4n) is 1.42. The molecule has 0 heterocycles. The van der Waals surface area contributed by atoms with Gasteiger partial charge in [0.2, 0.25) is 0 Å². The van der Waals surface area contributed by atoms with E-state index in [1.165, 1.54) is 0 Å². The number of carbonyl (C=O) groups excluding carboxylic acids is 1. The van der Waals surface area contributed by atoms with Crippen molar-refractivity contribution in [2.45, 2.75) is 54.0 Å². The van der Waals surface area contributed by atoms with Crippen LogP contribution in [-0.2, 0) is 0 Å². The molecule has 0 aromatic carbocycles. The monoisotopic (exact) mass is 214 g/mol. The van der Waals surface area contributed by atoms with Crippen LogP contribution in [-0.4, -0.2) is 19.1 Å². The Morgan fingerprint density at radius 1 is 1.13 bits per heavy atom. The zero-order chi connectivity index (χ0) is 12.3. The number of hydrogen-bond acceptors (Lipinski definition) is 1. The molecule has 3 heteroatoms. The summed E-state index contributed by atoms with van der Waals surface area (Å²) < 4.78 is 0. The Labute approximate surface area is 94.0 Å². The minimum Gasteiger partial charge on any atom is -0.341 e. The SMILES string of the molecule is CNC(=O)NC(CC(C)(C)C)C(C)(C)C. The lowest BCUT2D eigenvalue weighted by atomic mass is 9.77. The fraction of sp³-hybridized carbons (Fsp3) is 0.917. The number of rotatable bonds is 2. The van der Waals surface area contributed by atoms with Gasteiger partial charge < -0.3 is 10.6 Å². The highest BCUT2D eigenvalue weighted by atomic mass is 16.2. The molecule has 0 rings (SSSR count). The lowest BCUT2D eigenvalue weighted by molar-refractivity contribution is 0.187. The summed E-state index contributed by atoms with van der Waals surface area (Å²) in [5.41, 5.74) is 0.304. The molecule has 0 radical (unpaired) electrons. The predicted octanol–water partition coefficient (Wildman–Crippen LogP) is 2.77. The van der Waals surface area contributed by atoms with Gasteiger partial charge in [-0.05, 0) is 17.3 Å². The van der Waals surface area contributed by atoms with Crippen molar-refractivity contribution in [3.05, 3.63) is 0 Å². The molecule has 3 nitrogen and oxygen atoms in total. The summed E-state index contributed by atoms with van der Waals surface area (Å²) in [6.07, 6.45) is 0.976. The van der Waals surface area contributed by atoms with Gasteiger partial charge in [0.15, 0.2) is 0 Å². The number of nitrogens with one attached hydrogen (secondary N) is 2. The minimum atomic E-state index is -0.0980. The molecule has 1 atom stereocenters. The molecule has 0 aliphatic rings. The predicted molar refractivity (Wildman–Crippen MR) is 64.9 cm³/mol. The molecule has 0 aliphatic heterocycles. The highest BCUT2D eigenvalue weighted by molar-refractivity contribution is 5.73. The second kappa shape index (κ2) is 4.86. The van der Waals surface area contributed by atoms with Crippen molar-refractivity contribution in [3.63, 3.8) is 0 Å². The van der Waals surface area contributed by atoms with Crippen LogP contribution in [0.3, 0.4) is 0 Å². The van der Waals surface area contributed by atoms with Crippen LogP contribution in [0.2, 0.25) is 0 Å². The zero-order valence-corrected chi connectivity index (χ0v) is 11.2. The molecule has 15 heavy (non-hydrogen) atoms. The van der Waals surface area contributed by atoms with E-state index >= 15 is 0 Å². The average molecular weight is 214 g/mol. The summed E-state index contributed by atoms with van der Waals surface area (Å²) >= 11 is 0. The van der Waals surface area contributed by atoms with Gasteiger partial charge in [0.1, 0.15) is 0 Å². The van der Waals surface area contributed by atoms with E-state index in [0.29, 0.717) is 0 Å². The van der Waals surface area contributed by atoms with E-state index in [0.717, 1.165) is 6.42 Å². The van der Waals surface area contributed by atoms with Crippen molar-refractivity contribution in [1.29, 1.82) is 0 Å². The summed E-state index contributed by atoms with van der Waals surface area (Å²) in [6, 6.07) is 0.0941. The lowest BCUT2D eigenvalue weighted by Crippen LogP contribution is -2.48. The van der Waals surface area contributed by atoms with Crippen LogP contribution in [0.25, 0.3) is 0 Å². The first kappa shape index (κ1) is 14.3. The third kappa shape index (κ3) is 6.37. The quantitative estimate of drug-likeness (QED) is 0.729. The number of hydrogen-bond donors (Lipinski definition) is 2. The molecular weight excluding hydrogens is 188 g/mol. The summed E-state index contributed by atoms with van der Waals surface area (Å²) in [6.45, 7) is 13.0. The maximum absolute atomic E-state index is 11.3. The van der Waals surface area contributed by atoms with Crippen molar-refractivity contribution < 1.29 is 4.79 Å². The molecule has 0 spiro atoms. The Balaban J connectivity index is 4.54. The summed E-state index contributed by atoms with van der Waals surface area (Å²) in [7, 11) is 1.64. The minimum absolute atomic E-state index is 0.0831. The smallest absolute Gasteiger partial charge is 0.314 e. The van der Waals surface area contributed by atoms with Crippen molar-refractivity contribution in [3.8, 4) is 0 Å². The van der Waals surface area contributed by atoms with Crippen molar-refractivity contribution in [2.75, 3.05) is 7.05 Å². The van der Waals surface area contributed by atoms with E-state index in [1.807, 2.05) is 0 Å². The molecule has 0 saturated heterocycles. The van der Waals surface area contributed by atoms with Crippen LogP contribution in [0.5, 0.6) is 0 Å². The lowest BCUT2D eigenvalue weighted by Gasteiger charge is -2.36. The molecular formula is C12H26N2O. The molecule has 0 bridgehead atoms. The van der Waals surface area contributed by atoms with Crippen molar-refractivity contribution in [1.82, 2.24) is 10.6 Å². The molecule has 0 fully saturated rings. The standard InChI is InChI=1S/C12H26N2O/c1-11(2,3)8-9(12(4,5)6)14-10(15)13-7/h9H,8H2,1-7H3,(H2,13,14,15). The van der Waals surface area contributed by atoms with Crippen LogP contribution in [0, 0.1) is 10.8 Å². The summed E-state index contributed by atoms with van der Waals surface area (Å²) in [5, 5.41) is 5.62. The highest BCUT2D eigenvalue weighted by Gasteiger charge is 2.29. The van der Waals surface area contributed by atoms with Crippen molar-refractivity contribution in [2.24, 2.45) is 10.8 Å². The number of urea groups is 1. The molecule has 0 aromatic heterocycles. The van der Waals surface area contributed by atoms with Gasteiger partial charge in [0, 0.05) is 13.1 Å². The van der Waals surface area contributed by atoms with Crippen LogP contribution < -0.4 is 10.6 Å². The zero-order valence-electron chi connectivity index (χ0n) is 11.2. The van der Waals surface area contributed by atoms with Gasteiger partial charge in [-0.15, -0.1) is 0 Å². The Kier molecular flexibility index (Phi) is 4.63. The maximum atomic E-state index is 11.3. The van der Waals surface area contributed by atoms with E-state index in [-0.39, 0.29) is 22.9 Å². The van der Waals surface area contributed by atoms with Gasteiger partial charge in [0.05, 0.1) is 0 Å². The topological polar surface area (TPSA) is 41.1 Å². The summed E-state index contributed by atoms with van der Waals surface area (Å²) in [4.78, 5) is 11.3. The number of carbonyl (C=O) groups is 1. The Hall–Kier alpha value is -0.730. The van der Waals surface area contributed by atoms with Crippen LogP contribution in [0.15, 0.2) is 0 Å². The van der Waals surface area contributed by atoms with E-state index in [4.69, 9.17) is 0 Å². The Morgan fingerprint density at radius 3 is 1.87 bits per heavy atom. The number of amides is 2. The molecule has 0 aliphatic carbocycles. The second-order valence-corrected chi connectivity index (χ2v) is 6.41. The second-order valence-electron chi connectivity index (χ2n) is 6.41. The first-order valence-corrected chi connectivity index (χ1v) is 5.54. The Bertz CT molecular complexity index is 211. The van der Waals surface area contributed by atoms with Crippen LogP contribution in [0.1, 0.15) is 48.0 Å². The van der Waals surface area contributed by atoms with Crippen LogP contribution >= 0.6 is 0 Å². The van der Waals surface area contributed by atoms with Gasteiger partial charge >= 0.3 is 6.03 Å². The molecule has 2 amide bonds. The fourth-order valence-corrected chi connectivity index (χ4v) is 1.42. The maximum Gasteiger partial charge on any atom is 0.314 e. The molecule has 0 aromatic rings. The van der Waals surface area contributed by atoms with Gasteiger partial charge in [-0.1, -0.05) is 41.5 Å². The first-order valence-electron chi connectivity index (χ1n) is 5.54. The Morgan fingerprint density at radius 2 is 1.60 bits per heavy atom. The molecule has 90 valence electrons. The van der Waals surface area contributed by atoms with Gasteiger partial charge in [-0.3, -0.25) is 0 Å². The van der Waals surface area contributed by atoms with E-state index in [9.17, 15) is 4.79 Å². The van der Waals surface area contributed by atoms with Gasteiger partial charge in [0.25, 0.3) is 0 Å². The van der Waals surface area contributed by atoms with E-state index in [2.05, 4.69) is 52.2 Å². The molecule has 2 N–H and O–H groups in total. The highest BCUT2D eigenvalue weighted by Crippen LogP contribution is 2.30. The van der Waals surface area contributed by atoms with E-state index < -0.39 is 0 Å². The normalized spacial score (nSPS) is 14.6. The van der Waals surface area contributed by atoms with E-state index in [1.54, 1.807) is 7.05 Å². The first-order chi connectivity index (χ1) is 6.56. The molecule has 0 saturated carbocycles. The largest absolute Gasteiger partial charge is 0.341 e. The van der Waals surface area contributed by atoms with Gasteiger partial charge in [-0.25, -0.2) is 4.79 Å². The molecule has 1 unspecified atom stereocenters. The van der Waals surface area contributed by atoms with Crippen LogP contribution in [0.4, 0.5) is 4.79 Å².